The van der Waals surface area contributed by atoms with Crippen molar-refractivity contribution in [3.63, 3.8) is 0 Å². The second-order valence-corrected chi connectivity index (χ2v) is 3.35. The van der Waals surface area contributed by atoms with Crippen molar-refractivity contribution < 1.29 is 0 Å². The third kappa shape index (κ3) is 3.41. The Hall–Kier alpha value is -0.520. The molecule has 1 aliphatic rings. The number of hydrogen-bond acceptors (Lipinski definition) is 0. The maximum atomic E-state index is 3.69. The highest BCUT2D eigenvalue weighted by Gasteiger charge is 2.08. The molecule has 0 aromatic carbocycles. The van der Waals surface area contributed by atoms with Crippen LogP contribution in [-0.2, 0) is 0 Å². The molecule has 62 valence electrons. The summed E-state index contributed by atoms with van der Waals surface area (Å²) in [7, 11) is 0. The first kappa shape index (κ1) is 8.58. The van der Waals surface area contributed by atoms with Crippen molar-refractivity contribution in [2.45, 2.75) is 38.5 Å². The molecule has 0 amide bonds. The van der Waals surface area contributed by atoms with Gasteiger partial charge in [-0.2, -0.15) is 0 Å². The molecule has 1 aliphatic carbocycles. The minimum absolute atomic E-state index is 0.878. The van der Waals surface area contributed by atoms with Gasteiger partial charge >= 0.3 is 0 Å². The molecule has 0 spiro atoms. The third-order valence-electron chi connectivity index (χ3n) is 2.36. The molecular weight excluding hydrogens is 132 g/mol. The highest BCUT2D eigenvalue weighted by molar-refractivity contribution is 4.93. The summed E-state index contributed by atoms with van der Waals surface area (Å²) in [6.07, 6.45) is 14.8. The van der Waals surface area contributed by atoms with E-state index < -0.39 is 0 Å². The van der Waals surface area contributed by atoms with Crippen molar-refractivity contribution in [3.8, 4) is 0 Å². The third-order valence-corrected chi connectivity index (χ3v) is 2.36. The normalized spacial score (nSPS) is 20.7. The first-order valence-corrected chi connectivity index (χ1v) is 4.71. The summed E-state index contributed by atoms with van der Waals surface area (Å²) in [4.78, 5) is 0. The Morgan fingerprint density at radius 1 is 1.18 bits per heavy atom. The van der Waals surface area contributed by atoms with E-state index in [1.54, 1.807) is 0 Å². The molecule has 0 unspecified atom stereocenters. The lowest BCUT2D eigenvalue weighted by atomic mass is 9.89. The Kier molecular flexibility index (Phi) is 4.03. The Morgan fingerprint density at radius 2 is 1.91 bits per heavy atom. The molecule has 0 heteroatoms. The fourth-order valence-electron chi connectivity index (χ4n) is 1.69. The van der Waals surface area contributed by atoms with E-state index in [1.807, 2.05) is 6.08 Å². The zero-order chi connectivity index (χ0) is 7.94. The van der Waals surface area contributed by atoms with Gasteiger partial charge in [0.05, 0.1) is 0 Å². The maximum Gasteiger partial charge on any atom is -0.0172 e. The summed E-state index contributed by atoms with van der Waals surface area (Å²) in [5.74, 6) is 0.878. The molecule has 1 rings (SSSR count). The zero-order valence-electron chi connectivity index (χ0n) is 7.26. The van der Waals surface area contributed by atoms with Gasteiger partial charge in [-0.05, 0) is 25.2 Å². The largest absolute Gasteiger partial charge is 0.103 e. The summed E-state index contributed by atoms with van der Waals surface area (Å²) in [6.45, 7) is 3.69. The van der Waals surface area contributed by atoms with E-state index in [1.165, 1.54) is 32.1 Å². The lowest BCUT2D eigenvalue weighted by Gasteiger charge is -2.17. The van der Waals surface area contributed by atoms with Crippen molar-refractivity contribution in [3.05, 3.63) is 24.8 Å². The lowest BCUT2D eigenvalue weighted by Crippen LogP contribution is -2.02. The minimum Gasteiger partial charge on any atom is -0.103 e. The summed E-state index contributed by atoms with van der Waals surface area (Å²) < 4.78 is 0. The van der Waals surface area contributed by atoms with Gasteiger partial charge in [-0.15, -0.1) is 6.58 Å². The van der Waals surface area contributed by atoms with Crippen LogP contribution in [0.5, 0.6) is 0 Å². The van der Waals surface area contributed by atoms with Crippen LogP contribution in [0.2, 0.25) is 0 Å². The molecule has 0 atom stereocenters. The van der Waals surface area contributed by atoms with Crippen LogP contribution in [0, 0.1) is 5.92 Å². The van der Waals surface area contributed by atoms with E-state index >= 15 is 0 Å². The topological polar surface area (TPSA) is 0 Å². The molecule has 0 aliphatic heterocycles. The van der Waals surface area contributed by atoms with E-state index in [2.05, 4.69) is 18.7 Å². The van der Waals surface area contributed by atoms with Crippen molar-refractivity contribution in [2.75, 3.05) is 0 Å². The summed E-state index contributed by atoms with van der Waals surface area (Å²) in [5, 5.41) is 0. The molecule has 0 bridgehead atoms. The Morgan fingerprint density at radius 3 is 2.55 bits per heavy atom. The standard InChI is InChI=1S/C11H18/c1-2-3-5-8-11-9-6-4-7-10-11/h2,5,8,11H,1,3-4,6-7,9-10H2/b8-5+. The molecule has 0 aromatic rings. The fourth-order valence-corrected chi connectivity index (χ4v) is 1.69. The van der Waals surface area contributed by atoms with E-state index in [9.17, 15) is 0 Å². The summed E-state index contributed by atoms with van der Waals surface area (Å²) >= 11 is 0. The monoisotopic (exact) mass is 150 g/mol. The SMILES string of the molecule is C=CC/C=C/C1CCCCC1. The van der Waals surface area contributed by atoms with Gasteiger partial charge in [0, 0.05) is 0 Å². The number of rotatable bonds is 3. The van der Waals surface area contributed by atoms with Crippen LogP contribution < -0.4 is 0 Å². The molecule has 0 aromatic heterocycles. The predicted octanol–water partition coefficient (Wildman–Crippen LogP) is 3.70. The Labute approximate surface area is 70.0 Å². The average molecular weight is 150 g/mol. The van der Waals surface area contributed by atoms with Gasteiger partial charge in [0.15, 0.2) is 0 Å². The minimum atomic E-state index is 0.878. The maximum absolute atomic E-state index is 3.69. The van der Waals surface area contributed by atoms with Gasteiger partial charge in [-0.25, -0.2) is 0 Å². The second-order valence-electron chi connectivity index (χ2n) is 3.35. The first-order chi connectivity index (χ1) is 5.43. The van der Waals surface area contributed by atoms with Crippen LogP contribution in [0.1, 0.15) is 38.5 Å². The van der Waals surface area contributed by atoms with Gasteiger partial charge in [-0.1, -0.05) is 37.5 Å². The van der Waals surface area contributed by atoms with Crippen LogP contribution in [0.4, 0.5) is 0 Å². The molecular formula is C11H18. The smallest absolute Gasteiger partial charge is 0.0172 e. The van der Waals surface area contributed by atoms with Crippen molar-refractivity contribution in [1.29, 1.82) is 0 Å². The molecule has 0 radical (unpaired) electrons. The second kappa shape index (κ2) is 5.17. The van der Waals surface area contributed by atoms with Gasteiger partial charge < -0.3 is 0 Å². The Balaban J connectivity index is 2.18. The quantitative estimate of drug-likeness (QED) is 0.538. The van der Waals surface area contributed by atoms with E-state index in [0.717, 1.165) is 12.3 Å². The van der Waals surface area contributed by atoms with Crippen LogP contribution in [0.3, 0.4) is 0 Å². The highest BCUT2D eigenvalue weighted by Crippen LogP contribution is 2.24. The first-order valence-electron chi connectivity index (χ1n) is 4.71. The average Bonchev–Trinajstić information content (AvgIpc) is 2.07. The van der Waals surface area contributed by atoms with Gasteiger partial charge in [0.25, 0.3) is 0 Å². The van der Waals surface area contributed by atoms with Crippen LogP contribution >= 0.6 is 0 Å². The predicted molar refractivity (Wildman–Crippen MR) is 50.5 cm³/mol. The van der Waals surface area contributed by atoms with Gasteiger partial charge in [0.2, 0.25) is 0 Å². The highest BCUT2D eigenvalue weighted by atomic mass is 14.1. The van der Waals surface area contributed by atoms with Gasteiger partial charge in [-0.3, -0.25) is 0 Å². The molecule has 1 saturated carbocycles. The van der Waals surface area contributed by atoms with Crippen LogP contribution in [0.25, 0.3) is 0 Å². The molecule has 1 fully saturated rings. The molecule has 0 nitrogen and oxygen atoms in total. The van der Waals surface area contributed by atoms with Crippen molar-refractivity contribution in [2.24, 2.45) is 5.92 Å². The molecule has 0 N–H and O–H groups in total. The Bertz CT molecular complexity index is 127. The van der Waals surface area contributed by atoms with E-state index in [-0.39, 0.29) is 0 Å². The van der Waals surface area contributed by atoms with E-state index in [0.29, 0.717) is 0 Å². The van der Waals surface area contributed by atoms with E-state index in [4.69, 9.17) is 0 Å². The van der Waals surface area contributed by atoms with Crippen molar-refractivity contribution >= 4 is 0 Å². The molecule has 0 heterocycles. The summed E-state index contributed by atoms with van der Waals surface area (Å²) in [5.41, 5.74) is 0. The summed E-state index contributed by atoms with van der Waals surface area (Å²) in [6, 6.07) is 0. The van der Waals surface area contributed by atoms with Gasteiger partial charge in [0.1, 0.15) is 0 Å². The van der Waals surface area contributed by atoms with Crippen LogP contribution in [-0.4, -0.2) is 0 Å². The molecule has 11 heavy (non-hydrogen) atoms. The number of hydrogen-bond donors (Lipinski definition) is 0. The van der Waals surface area contributed by atoms with Crippen LogP contribution in [0.15, 0.2) is 24.8 Å². The molecule has 0 saturated heterocycles. The fraction of sp³-hybridized carbons (Fsp3) is 0.636. The zero-order valence-corrected chi connectivity index (χ0v) is 7.26. The lowest BCUT2D eigenvalue weighted by molar-refractivity contribution is 0.419. The van der Waals surface area contributed by atoms with Crippen molar-refractivity contribution in [1.82, 2.24) is 0 Å². The number of allylic oxidation sites excluding steroid dienone is 3.